The molecule has 2 aliphatic rings. The topological polar surface area (TPSA) is 85.2 Å². The number of ether oxygens (including phenoxy) is 1. The van der Waals surface area contributed by atoms with E-state index in [9.17, 15) is 4.79 Å². The van der Waals surface area contributed by atoms with Crippen LogP contribution in [-0.4, -0.2) is 45.1 Å². The van der Waals surface area contributed by atoms with Crippen LogP contribution < -0.4 is 15.0 Å². The minimum atomic E-state index is -0.0965. The van der Waals surface area contributed by atoms with Crippen molar-refractivity contribution in [1.29, 1.82) is 0 Å². The first-order valence-electron chi connectivity index (χ1n) is 11.7. The lowest BCUT2D eigenvalue weighted by molar-refractivity contribution is -0.120. The highest BCUT2D eigenvalue weighted by atomic mass is 16.5. The fourth-order valence-corrected chi connectivity index (χ4v) is 4.79. The van der Waals surface area contributed by atoms with E-state index in [4.69, 9.17) is 9.72 Å². The van der Waals surface area contributed by atoms with Crippen molar-refractivity contribution in [2.45, 2.75) is 52.0 Å². The summed E-state index contributed by atoms with van der Waals surface area (Å²) >= 11 is 0. The Bertz CT molecular complexity index is 1090. The summed E-state index contributed by atoms with van der Waals surface area (Å²) in [5, 5.41) is 3.06. The number of hydrogen-bond donors (Lipinski definition) is 1. The number of carbonyl (C=O) groups is 1. The third-order valence-corrected chi connectivity index (χ3v) is 6.40. The van der Waals surface area contributed by atoms with Crippen LogP contribution in [0.1, 0.15) is 44.9 Å². The van der Waals surface area contributed by atoms with E-state index in [0.29, 0.717) is 13.2 Å². The van der Waals surface area contributed by atoms with Gasteiger partial charge in [0, 0.05) is 31.7 Å². The summed E-state index contributed by atoms with van der Waals surface area (Å²) in [6.45, 7) is 5.06. The lowest BCUT2D eigenvalue weighted by atomic mass is 9.97. The number of benzene rings is 1. The van der Waals surface area contributed by atoms with Gasteiger partial charge in [-0.1, -0.05) is 6.42 Å². The predicted molar refractivity (Wildman–Crippen MR) is 124 cm³/mol. The largest absolute Gasteiger partial charge is 0.494 e. The molecule has 0 radical (unpaired) electrons. The van der Waals surface area contributed by atoms with E-state index in [1.807, 2.05) is 31.2 Å². The van der Waals surface area contributed by atoms with Gasteiger partial charge >= 0.3 is 0 Å². The maximum absolute atomic E-state index is 13.0. The number of nitrogens with zero attached hydrogens (tertiary/aromatic N) is 5. The first-order chi connectivity index (χ1) is 15.7. The lowest BCUT2D eigenvalue weighted by Crippen LogP contribution is -2.41. The SMILES string of the molecule is CCOc1ccc(NC(=O)C2CCCN(c3ncnc4c3nc3n4CCCCC3)C2)cc1. The first kappa shape index (κ1) is 20.7. The number of fused-ring (bicyclic) bond motifs is 3. The van der Waals surface area contributed by atoms with Gasteiger partial charge in [-0.2, -0.15) is 0 Å². The molecule has 5 rings (SSSR count). The molecule has 32 heavy (non-hydrogen) atoms. The van der Waals surface area contributed by atoms with Crippen LogP contribution in [0.5, 0.6) is 5.75 Å². The molecule has 168 valence electrons. The number of imidazole rings is 1. The zero-order chi connectivity index (χ0) is 21.9. The molecule has 0 aliphatic carbocycles. The number of amides is 1. The number of hydrogen-bond acceptors (Lipinski definition) is 6. The van der Waals surface area contributed by atoms with Crippen molar-refractivity contribution < 1.29 is 9.53 Å². The summed E-state index contributed by atoms with van der Waals surface area (Å²) in [5.41, 5.74) is 2.59. The number of anilines is 2. The zero-order valence-corrected chi connectivity index (χ0v) is 18.6. The average Bonchev–Trinajstić information content (AvgIpc) is 3.01. The molecular weight excluding hydrogens is 404 g/mol. The number of nitrogens with one attached hydrogen (secondary N) is 1. The molecule has 0 bridgehead atoms. The maximum atomic E-state index is 13.0. The van der Waals surface area contributed by atoms with Gasteiger partial charge in [-0.05, 0) is 56.9 Å². The third-order valence-electron chi connectivity index (χ3n) is 6.40. The van der Waals surface area contributed by atoms with E-state index in [1.54, 1.807) is 6.33 Å². The lowest BCUT2D eigenvalue weighted by Gasteiger charge is -2.32. The molecule has 1 aromatic carbocycles. The van der Waals surface area contributed by atoms with E-state index in [0.717, 1.165) is 73.0 Å². The second-order valence-electron chi connectivity index (χ2n) is 8.59. The molecular formula is C24H30N6O2. The average molecular weight is 435 g/mol. The number of piperidine rings is 1. The van der Waals surface area contributed by atoms with Crippen LogP contribution in [0.2, 0.25) is 0 Å². The highest BCUT2D eigenvalue weighted by Gasteiger charge is 2.29. The standard InChI is InChI=1S/C24H30N6O2/c1-2-32-19-11-9-18(10-12-19)27-24(31)17-7-6-13-29(15-17)22-21-23(26-16-25-22)30-14-5-3-4-8-20(30)28-21/h9-12,16-17H,2-8,13-15H2,1H3,(H,27,31). The van der Waals surface area contributed by atoms with E-state index in [2.05, 4.69) is 24.8 Å². The van der Waals surface area contributed by atoms with Crippen LogP contribution in [0.15, 0.2) is 30.6 Å². The van der Waals surface area contributed by atoms with E-state index in [1.165, 1.54) is 12.8 Å². The van der Waals surface area contributed by atoms with Crippen molar-refractivity contribution in [3.8, 4) is 5.75 Å². The molecule has 1 N–H and O–H groups in total. The van der Waals surface area contributed by atoms with Gasteiger partial charge in [-0.15, -0.1) is 0 Å². The van der Waals surface area contributed by atoms with Crippen LogP contribution >= 0.6 is 0 Å². The highest BCUT2D eigenvalue weighted by molar-refractivity contribution is 5.93. The van der Waals surface area contributed by atoms with Crippen LogP contribution in [0.25, 0.3) is 11.2 Å². The number of aryl methyl sites for hydroxylation is 2. The molecule has 4 heterocycles. The molecule has 8 nitrogen and oxygen atoms in total. The molecule has 1 fully saturated rings. The van der Waals surface area contributed by atoms with Crippen molar-refractivity contribution in [2.75, 3.05) is 29.9 Å². The van der Waals surface area contributed by atoms with Gasteiger partial charge in [0.25, 0.3) is 0 Å². The molecule has 0 saturated carbocycles. The number of rotatable bonds is 5. The Morgan fingerprint density at radius 2 is 2.00 bits per heavy atom. The van der Waals surface area contributed by atoms with Crippen molar-refractivity contribution in [3.05, 3.63) is 36.4 Å². The van der Waals surface area contributed by atoms with Crippen LogP contribution in [0.4, 0.5) is 11.5 Å². The van der Waals surface area contributed by atoms with E-state index < -0.39 is 0 Å². The molecule has 0 spiro atoms. The quantitative estimate of drug-likeness (QED) is 0.657. The first-order valence-corrected chi connectivity index (χ1v) is 11.7. The summed E-state index contributed by atoms with van der Waals surface area (Å²) < 4.78 is 7.74. The van der Waals surface area contributed by atoms with Crippen LogP contribution in [0, 0.1) is 5.92 Å². The molecule has 1 saturated heterocycles. The minimum absolute atomic E-state index is 0.0461. The fourth-order valence-electron chi connectivity index (χ4n) is 4.79. The van der Waals surface area contributed by atoms with Crippen molar-refractivity contribution in [1.82, 2.24) is 19.5 Å². The second kappa shape index (κ2) is 9.14. The Kier molecular flexibility index (Phi) is 5.92. The Morgan fingerprint density at radius 3 is 2.84 bits per heavy atom. The fraction of sp³-hybridized carbons (Fsp3) is 0.500. The maximum Gasteiger partial charge on any atom is 0.229 e. The molecule has 8 heteroatoms. The van der Waals surface area contributed by atoms with Gasteiger partial charge in [0.2, 0.25) is 5.91 Å². The molecule has 1 amide bonds. The summed E-state index contributed by atoms with van der Waals surface area (Å²) in [5.74, 6) is 2.72. The monoisotopic (exact) mass is 434 g/mol. The minimum Gasteiger partial charge on any atom is -0.494 e. The Balaban J connectivity index is 1.32. The summed E-state index contributed by atoms with van der Waals surface area (Å²) in [4.78, 5) is 29.3. The smallest absolute Gasteiger partial charge is 0.229 e. The second-order valence-corrected chi connectivity index (χ2v) is 8.59. The Hall–Kier alpha value is -3.16. The molecule has 2 aromatic heterocycles. The van der Waals surface area contributed by atoms with Crippen molar-refractivity contribution >= 4 is 28.6 Å². The normalized spacial score (nSPS) is 18.8. The summed E-state index contributed by atoms with van der Waals surface area (Å²) in [6, 6.07) is 7.53. The van der Waals surface area contributed by atoms with E-state index in [-0.39, 0.29) is 11.8 Å². The molecule has 1 atom stereocenters. The Morgan fingerprint density at radius 1 is 1.12 bits per heavy atom. The molecule has 1 unspecified atom stereocenters. The van der Waals surface area contributed by atoms with Gasteiger partial charge in [0.05, 0.1) is 12.5 Å². The van der Waals surface area contributed by atoms with Gasteiger partial charge < -0.3 is 19.5 Å². The Labute approximate surface area is 188 Å². The van der Waals surface area contributed by atoms with Gasteiger partial charge in [0.15, 0.2) is 17.0 Å². The summed E-state index contributed by atoms with van der Waals surface area (Å²) in [7, 11) is 0. The van der Waals surface area contributed by atoms with Crippen LogP contribution in [-0.2, 0) is 17.8 Å². The number of carbonyl (C=O) groups excluding carboxylic acids is 1. The third kappa shape index (κ3) is 4.13. The van der Waals surface area contributed by atoms with Crippen molar-refractivity contribution in [2.24, 2.45) is 5.92 Å². The van der Waals surface area contributed by atoms with Gasteiger partial charge in [-0.3, -0.25) is 4.79 Å². The predicted octanol–water partition coefficient (Wildman–Crippen LogP) is 3.81. The molecule has 2 aliphatic heterocycles. The van der Waals surface area contributed by atoms with E-state index >= 15 is 0 Å². The van der Waals surface area contributed by atoms with Gasteiger partial charge in [-0.25, -0.2) is 15.0 Å². The van der Waals surface area contributed by atoms with Gasteiger partial charge in [0.1, 0.15) is 17.9 Å². The molecule has 3 aromatic rings. The summed E-state index contributed by atoms with van der Waals surface area (Å²) in [6.07, 6.45) is 8.01. The number of aromatic nitrogens is 4. The zero-order valence-electron chi connectivity index (χ0n) is 18.6. The van der Waals surface area contributed by atoms with Crippen molar-refractivity contribution in [3.63, 3.8) is 0 Å². The highest BCUT2D eigenvalue weighted by Crippen LogP contribution is 2.30. The van der Waals surface area contributed by atoms with Crippen LogP contribution in [0.3, 0.4) is 0 Å².